The summed E-state index contributed by atoms with van der Waals surface area (Å²) in [6.07, 6.45) is 8.06. The summed E-state index contributed by atoms with van der Waals surface area (Å²) < 4.78 is 6.46. The van der Waals surface area contributed by atoms with Crippen LogP contribution in [0.1, 0.15) is 0 Å². The Bertz CT molecular complexity index is 367. The first kappa shape index (κ1) is 7.62. The van der Waals surface area contributed by atoms with Gasteiger partial charge in [0.2, 0.25) is 0 Å². The summed E-state index contributed by atoms with van der Waals surface area (Å²) in [5.41, 5.74) is 0. The molecule has 2 heterocycles. The molecule has 1 nitrogen and oxygen atoms in total. The quantitative estimate of drug-likeness (QED) is 0.556. The monoisotopic (exact) mass is 178 g/mol. The van der Waals surface area contributed by atoms with Gasteiger partial charge in [-0.3, -0.25) is 0 Å². The summed E-state index contributed by atoms with van der Waals surface area (Å²) in [4.78, 5) is 0. The van der Waals surface area contributed by atoms with Gasteiger partial charge in [0.25, 0.3) is 0 Å². The molecule has 1 atom stereocenters. The third kappa shape index (κ3) is 1.59. The second-order valence-corrected chi connectivity index (χ2v) is 4.34. The zero-order valence-corrected chi connectivity index (χ0v) is 7.46. The van der Waals surface area contributed by atoms with Crippen LogP contribution in [0.3, 0.4) is 0 Å². The fourth-order valence-corrected chi connectivity index (χ4v) is 2.50. The smallest absolute Gasteiger partial charge is 0.154 e. The molecule has 0 amide bonds. The Morgan fingerprint density at radius 1 is 1.25 bits per heavy atom. The van der Waals surface area contributed by atoms with Crippen LogP contribution >= 0.6 is 10.5 Å². The lowest BCUT2D eigenvalue weighted by atomic mass is 10.5. The van der Waals surface area contributed by atoms with E-state index < -0.39 is 0 Å². The Morgan fingerprint density at radius 3 is 2.92 bits per heavy atom. The Morgan fingerprint density at radius 2 is 2.25 bits per heavy atom. The molecule has 0 spiro atoms. The van der Waals surface area contributed by atoms with Crippen LogP contribution in [0.4, 0.5) is 0 Å². The summed E-state index contributed by atoms with van der Waals surface area (Å²) in [7, 11) is 0.158. The Kier molecular flexibility index (Phi) is 2.28. The van der Waals surface area contributed by atoms with Crippen LogP contribution in [0.5, 0.6) is 0 Å². The first-order valence-corrected chi connectivity index (χ1v) is 5.32. The third-order valence-electron chi connectivity index (χ3n) is 1.63. The van der Waals surface area contributed by atoms with Crippen molar-refractivity contribution in [3.8, 4) is 0 Å². The van der Waals surface area contributed by atoms with Gasteiger partial charge in [0.05, 0.1) is 6.26 Å². The summed E-state index contributed by atoms with van der Waals surface area (Å²) >= 11 is 0. The predicted octanol–water partition coefficient (Wildman–Crippen LogP) is 3.16. The van der Waals surface area contributed by atoms with Gasteiger partial charge in [0.1, 0.15) is 0 Å². The molecule has 0 aliphatic carbocycles. The summed E-state index contributed by atoms with van der Waals surface area (Å²) in [5, 5.41) is 2.19. The first-order valence-electron chi connectivity index (χ1n) is 3.87. The fraction of sp³-hybridized carbons (Fsp3) is 0.100. The molecule has 0 N–H and O–H groups in total. The van der Waals surface area contributed by atoms with Crippen molar-refractivity contribution < 1.29 is 4.42 Å². The first-order chi connectivity index (χ1) is 5.97. The zero-order chi connectivity index (χ0) is 8.23. The van der Waals surface area contributed by atoms with Gasteiger partial charge in [-0.2, -0.15) is 0 Å². The van der Waals surface area contributed by atoms with E-state index in [1.54, 1.807) is 6.26 Å². The number of rotatable bonds is 0. The van der Waals surface area contributed by atoms with E-state index in [0.29, 0.717) is 0 Å². The van der Waals surface area contributed by atoms with Crippen LogP contribution < -0.4 is 0 Å². The Balaban J connectivity index is 2.52. The number of hydrogen-bond donors (Lipinski definition) is 0. The van der Waals surface area contributed by atoms with Crippen molar-refractivity contribution in [1.29, 1.82) is 0 Å². The average Bonchev–Trinajstić information content (AvgIpc) is 2.21. The average molecular weight is 178 g/mol. The van der Waals surface area contributed by atoms with Gasteiger partial charge < -0.3 is 4.42 Å². The van der Waals surface area contributed by atoms with Gasteiger partial charge in [-0.25, -0.2) is 0 Å². The van der Waals surface area contributed by atoms with E-state index in [-0.39, 0.29) is 10.5 Å². The molecular weight excluding hydrogens is 168 g/mol. The fourth-order valence-electron chi connectivity index (χ4n) is 1.06. The SMILES string of the molecule is C1=CCS(=c2cccco2)C=C1. The highest BCUT2D eigenvalue weighted by atomic mass is 32.2. The highest BCUT2D eigenvalue weighted by Crippen LogP contribution is 2.22. The minimum atomic E-state index is 0.158. The molecule has 0 saturated carbocycles. The molecule has 2 rings (SSSR count). The molecule has 0 aromatic carbocycles. The van der Waals surface area contributed by atoms with E-state index in [1.807, 2.05) is 18.2 Å². The van der Waals surface area contributed by atoms with Crippen molar-refractivity contribution >= 4 is 10.5 Å². The highest BCUT2D eigenvalue weighted by molar-refractivity contribution is 8.12. The summed E-state index contributed by atoms with van der Waals surface area (Å²) in [6.45, 7) is 0. The molecule has 2 heteroatoms. The molecule has 1 aromatic heterocycles. The van der Waals surface area contributed by atoms with E-state index in [2.05, 4.69) is 23.6 Å². The van der Waals surface area contributed by atoms with Crippen molar-refractivity contribution in [2.24, 2.45) is 0 Å². The standard InChI is InChI=1S/C10H10OS/c1-4-8-12(9-5-1)10-6-2-3-7-11-10/h1-8H,9H2. The maximum atomic E-state index is 5.39. The second kappa shape index (κ2) is 3.59. The van der Waals surface area contributed by atoms with Gasteiger partial charge in [-0.15, -0.1) is 10.5 Å². The minimum absolute atomic E-state index is 0.158. The second-order valence-electron chi connectivity index (χ2n) is 2.48. The van der Waals surface area contributed by atoms with Crippen molar-refractivity contribution in [2.75, 3.05) is 5.75 Å². The van der Waals surface area contributed by atoms with E-state index in [9.17, 15) is 0 Å². The van der Waals surface area contributed by atoms with E-state index in [0.717, 1.165) is 10.5 Å². The van der Waals surface area contributed by atoms with Crippen molar-refractivity contribution in [3.63, 3.8) is 0 Å². The normalized spacial score (nSPS) is 22.7. The summed E-state index contributed by atoms with van der Waals surface area (Å²) in [5.74, 6) is 1.07. The molecular formula is C10H10OS. The number of hydrogen-bond acceptors (Lipinski definition) is 1. The molecule has 1 aromatic rings. The predicted molar refractivity (Wildman–Crippen MR) is 52.7 cm³/mol. The molecule has 12 heavy (non-hydrogen) atoms. The summed E-state index contributed by atoms with van der Waals surface area (Å²) in [6, 6.07) is 5.95. The van der Waals surface area contributed by atoms with E-state index in [4.69, 9.17) is 4.42 Å². The maximum absolute atomic E-state index is 5.39. The molecule has 0 bridgehead atoms. The molecule has 1 unspecified atom stereocenters. The molecule has 0 fully saturated rings. The lowest BCUT2D eigenvalue weighted by Crippen LogP contribution is -1.78. The third-order valence-corrected chi connectivity index (χ3v) is 3.42. The van der Waals surface area contributed by atoms with Gasteiger partial charge >= 0.3 is 0 Å². The van der Waals surface area contributed by atoms with E-state index in [1.165, 1.54) is 0 Å². The van der Waals surface area contributed by atoms with Gasteiger partial charge in [0, 0.05) is 5.75 Å². The molecule has 0 radical (unpaired) electrons. The Labute approximate surface area is 74.0 Å². The Hall–Kier alpha value is -1.02. The highest BCUT2D eigenvalue weighted by Gasteiger charge is 1.93. The molecule has 62 valence electrons. The minimum Gasteiger partial charge on any atom is -0.459 e. The van der Waals surface area contributed by atoms with Gasteiger partial charge in [-0.1, -0.05) is 24.3 Å². The van der Waals surface area contributed by atoms with Crippen LogP contribution in [-0.4, -0.2) is 5.75 Å². The lowest BCUT2D eigenvalue weighted by molar-refractivity contribution is 0.533. The molecule has 1 aliphatic heterocycles. The van der Waals surface area contributed by atoms with Gasteiger partial charge in [0.15, 0.2) is 4.71 Å². The maximum Gasteiger partial charge on any atom is 0.154 e. The van der Waals surface area contributed by atoms with Crippen LogP contribution in [0.25, 0.3) is 0 Å². The van der Waals surface area contributed by atoms with E-state index >= 15 is 0 Å². The lowest BCUT2D eigenvalue weighted by Gasteiger charge is -2.01. The van der Waals surface area contributed by atoms with Crippen LogP contribution in [0.15, 0.2) is 52.5 Å². The van der Waals surface area contributed by atoms with Crippen molar-refractivity contribution in [2.45, 2.75) is 0 Å². The van der Waals surface area contributed by atoms with Crippen molar-refractivity contribution in [1.82, 2.24) is 0 Å². The van der Waals surface area contributed by atoms with Crippen LogP contribution in [-0.2, 0) is 0 Å². The number of allylic oxidation sites excluding steroid dienone is 2. The van der Waals surface area contributed by atoms with Crippen LogP contribution in [0, 0.1) is 4.71 Å². The molecule has 0 saturated heterocycles. The van der Waals surface area contributed by atoms with Crippen molar-refractivity contribution in [3.05, 3.63) is 52.8 Å². The largest absolute Gasteiger partial charge is 0.459 e. The van der Waals surface area contributed by atoms with Gasteiger partial charge in [-0.05, 0) is 17.5 Å². The van der Waals surface area contributed by atoms with Crippen LogP contribution in [0.2, 0.25) is 0 Å². The topological polar surface area (TPSA) is 13.1 Å². The zero-order valence-electron chi connectivity index (χ0n) is 6.64. The molecule has 1 aliphatic rings.